The Kier molecular flexibility index (Phi) is 5.66. The van der Waals surface area contributed by atoms with E-state index in [1.807, 2.05) is 0 Å². The molecule has 0 aliphatic rings. The predicted octanol–water partition coefficient (Wildman–Crippen LogP) is 1.45. The number of methoxy groups -OCH3 is 2. The Morgan fingerprint density at radius 1 is 1.15 bits per heavy atom. The van der Waals surface area contributed by atoms with Gasteiger partial charge in [-0.25, -0.2) is 17.5 Å². The number of anilines is 1. The topological polar surface area (TPSA) is 116 Å². The van der Waals surface area contributed by atoms with Gasteiger partial charge < -0.3 is 14.0 Å². The van der Waals surface area contributed by atoms with Crippen molar-refractivity contribution in [3.63, 3.8) is 0 Å². The van der Waals surface area contributed by atoms with Crippen molar-refractivity contribution >= 4 is 27.8 Å². The SMILES string of the molecule is COC(=O)CN(c1onc(C)c1C)S(=O)(=O)c1ccccc1C(=O)OC. The summed E-state index contributed by atoms with van der Waals surface area (Å²) in [5, 5.41) is 3.73. The number of esters is 2. The van der Waals surface area contributed by atoms with Gasteiger partial charge in [-0.15, -0.1) is 0 Å². The normalized spacial score (nSPS) is 11.1. The maximum atomic E-state index is 13.2. The largest absolute Gasteiger partial charge is 0.468 e. The van der Waals surface area contributed by atoms with E-state index in [1.54, 1.807) is 13.8 Å². The summed E-state index contributed by atoms with van der Waals surface area (Å²) in [6, 6.07) is 5.51. The fourth-order valence-electron chi connectivity index (χ4n) is 2.17. The Balaban J connectivity index is 2.66. The van der Waals surface area contributed by atoms with Gasteiger partial charge in [0.25, 0.3) is 10.0 Å². The number of ether oxygens (including phenoxy) is 2. The van der Waals surface area contributed by atoms with E-state index in [-0.39, 0.29) is 16.3 Å². The highest BCUT2D eigenvalue weighted by Gasteiger charge is 2.35. The van der Waals surface area contributed by atoms with Crippen LogP contribution in [0.1, 0.15) is 21.6 Å². The smallest absolute Gasteiger partial charge is 0.339 e. The Bertz CT molecular complexity index is 934. The minimum atomic E-state index is -4.36. The van der Waals surface area contributed by atoms with Crippen LogP contribution in [0.15, 0.2) is 33.7 Å². The van der Waals surface area contributed by atoms with E-state index >= 15 is 0 Å². The number of aromatic nitrogens is 1. The van der Waals surface area contributed by atoms with Crippen LogP contribution < -0.4 is 4.31 Å². The van der Waals surface area contributed by atoms with E-state index in [2.05, 4.69) is 14.6 Å². The van der Waals surface area contributed by atoms with Crippen molar-refractivity contribution in [2.24, 2.45) is 0 Å². The Hall–Kier alpha value is -2.88. The number of nitrogens with zero attached hydrogens (tertiary/aromatic N) is 2. The van der Waals surface area contributed by atoms with Crippen LogP contribution >= 0.6 is 0 Å². The quantitative estimate of drug-likeness (QED) is 0.689. The molecule has 0 fully saturated rings. The second-order valence-corrected chi connectivity index (χ2v) is 7.10. The first-order chi connectivity index (χ1) is 12.2. The Morgan fingerprint density at radius 2 is 1.81 bits per heavy atom. The lowest BCUT2D eigenvalue weighted by molar-refractivity contribution is -0.138. The van der Waals surface area contributed by atoms with Crippen molar-refractivity contribution in [3.05, 3.63) is 41.1 Å². The molecule has 0 N–H and O–H groups in total. The molecule has 0 bridgehead atoms. The van der Waals surface area contributed by atoms with E-state index in [9.17, 15) is 18.0 Å². The van der Waals surface area contributed by atoms with Gasteiger partial charge >= 0.3 is 11.9 Å². The lowest BCUT2D eigenvalue weighted by Crippen LogP contribution is -2.37. The zero-order valence-corrected chi connectivity index (χ0v) is 15.5. The number of rotatable bonds is 6. The minimum absolute atomic E-state index is 0.132. The molecule has 0 spiro atoms. The number of carbonyl (C=O) groups is 2. The molecule has 10 heteroatoms. The molecule has 0 saturated carbocycles. The van der Waals surface area contributed by atoms with E-state index in [1.165, 1.54) is 24.3 Å². The molecule has 1 aromatic heterocycles. The summed E-state index contributed by atoms with van der Waals surface area (Å²) in [4.78, 5) is 23.4. The number of hydrogen-bond acceptors (Lipinski definition) is 8. The third-order valence-corrected chi connectivity index (χ3v) is 5.51. The van der Waals surface area contributed by atoms with Crippen LogP contribution in [0.2, 0.25) is 0 Å². The van der Waals surface area contributed by atoms with Crippen molar-refractivity contribution < 1.29 is 32.0 Å². The summed E-state index contributed by atoms with van der Waals surface area (Å²) >= 11 is 0. The molecule has 140 valence electrons. The number of aryl methyl sites for hydroxylation is 1. The lowest BCUT2D eigenvalue weighted by atomic mass is 10.2. The Labute approximate surface area is 150 Å². The summed E-state index contributed by atoms with van der Waals surface area (Å²) in [6.45, 7) is 2.59. The number of benzene rings is 1. The first-order valence-electron chi connectivity index (χ1n) is 7.43. The van der Waals surface area contributed by atoms with Gasteiger partial charge in [0, 0.05) is 5.56 Å². The average Bonchev–Trinajstić information content (AvgIpc) is 2.97. The van der Waals surface area contributed by atoms with Crippen LogP contribution in [0.4, 0.5) is 5.88 Å². The maximum Gasteiger partial charge on any atom is 0.339 e. The van der Waals surface area contributed by atoms with Crippen LogP contribution in [0.5, 0.6) is 0 Å². The zero-order valence-electron chi connectivity index (χ0n) is 14.7. The van der Waals surface area contributed by atoms with Crippen LogP contribution in [0, 0.1) is 13.8 Å². The second-order valence-electron chi connectivity index (χ2n) is 5.27. The molecule has 0 saturated heterocycles. The van der Waals surface area contributed by atoms with E-state index in [0.717, 1.165) is 18.5 Å². The molecule has 2 rings (SSSR count). The number of sulfonamides is 1. The molecule has 1 heterocycles. The van der Waals surface area contributed by atoms with Crippen molar-refractivity contribution in [2.75, 3.05) is 25.1 Å². The van der Waals surface area contributed by atoms with E-state index in [4.69, 9.17) is 4.52 Å². The molecule has 0 radical (unpaired) electrons. The first kappa shape index (κ1) is 19.4. The van der Waals surface area contributed by atoms with Crippen LogP contribution in [0.3, 0.4) is 0 Å². The summed E-state index contributed by atoms with van der Waals surface area (Å²) in [6.07, 6.45) is 0. The number of hydrogen-bond donors (Lipinski definition) is 0. The van der Waals surface area contributed by atoms with Crippen molar-refractivity contribution in [1.82, 2.24) is 5.16 Å². The molecule has 0 amide bonds. The maximum absolute atomic E-state index is 13.2. The first-order valence-corrected chi connectivity index (χ1v) is 8.87. The van der Waals surface area contributed by atoms with Crippen LogP contribution in [-0.2, 0) is 24.3 Å². The monoisotopic (exact) mass is 382 g/mol. The molecular formula is C16H18N2O7S. The average molecular weight is 382 g/mol. The number of carbonyl (C=O) groups excluding carboxylic acids is 2. The molecule has 26 heavy (non-hydrogen) atoms. The molecular weight excluding hydrogens is 364 g/mol. The Morgan fingerprint density at radius 3 is 2.35 bits per heavy atom. The standard InChI is InChI=1S/C16H18N2O7S/c1-10-11(2)17-25-15(10)18(9-14(19)23-3)26(21,22)13-8-6-5-7-12(13)16(20)24-4/h5-8H,9H2,1-4H3. The summed E-state index contributed by atoms with van der Waals surface area (Å²) in [5.74, 6) is -1.77. The molecule has 9 nitrogen and oxygen atoms in total. The molecule has 2 aromatic rings. The molecule has 0 aliphatic heterocycles. The van der Waals surface area contributed by atoms with E-state index < -0.39 is 28.5 Å². The van der Waals surface area contributed by atoms with Gasteiger partial charge in [-0.3, -0.25) is 4.79 Å². The lowest BCUT2D eigenvalue weighted by Gasteiger charge is -2.21. The summed E-state index contributed by atoms with van der Waals surface area (Å²) in [5.41, 5.74) is 0.734. The zero-order chi connectivity index (χ0) is 19.5. The van der Waals surface area contributed by atoms with Gasteiger partial charge in [0.05, 0.1) is 25.5 Å². The van der Waals surface area contributed by atoms with Gasteiger partial charge in [0.15, 0.2) is 0 Å². The van der Waals surface area contributed by atoms with Gasteiger partial charge in [-0.1, -0.05) is 17.3 Å². The highest BCUT2D eigenvalue weighted by molar-refractivity contribution is 7.93. The molecule has 0 unspecified atom stereocenters. The predicted molar refractivity (Wildman–Crippen MR) is 90.3 cm³/mol. The highest BCUT2D eigenvalue weighted by atomic mass is 32.2. The van der Waals surface area contributed by atoms with Gasteiger partial charge in [-0.2, -0.15) is 0 Å². The van der Waals surface area contributed by atoms with Gasteiger partial charge in [0.1, 0.15) is 11.4 Å². The fourth-order valence-corrected chi connectivity index (χ4v) is 3.75. The summed E-state index contributed by atoms with van der Waals surface area (Å²) < 4.78 is 41.5. The highest BCUT2D eigenvalue weighted by Crippen LogP contribution is 2.30. The third kappa shape index (κ3) is 3.54. The van der Waals surface area contributed by atoms with Gasteiger partial charge in [-0.05, 0) is 26.0 Å². The van der Waals surface area contributed by atoms with Crippen LogP contribution in [-0.4, -0.2) is 46.3 Å². The van der Waals surface area contributed by atoms with Crippen molar-refractivity contribution in [2.45, 2.75) is 18.7 Å². The molecule has 0 aliphatic carbocycles. The minimum Gasteiger partial charge on any atom is -0.468 e. The van der Waals surface area contributed by atoms with Crippen LogP contribution in [0.25, 0.3) is 0 Å². The van der Waals surface area contributed by atoms with Crippen molar-refractivity contribution in [1.29, 1.82) is 0 Å². The second kappa shape index (κ2) is 7.56. The van der Waals surface area contributed by atoms with Crippen molar-refractivity contribution in [3.8, 4) is 0 Å². The summed E-state index contributed by atoms with van der Waals surface area (Å²) in [7, 11) is -2.08. The van der Waals surface area contributed by atoms with E-state index in [0.29, 0.717) is 11.3 Å². The molecule has 1 aromatic carbocycles. The fraction of sp³-hybridized carbons (Fsp3) is 0.312. The molecule has 0 atom stereocenters. The third-order valence-electron chi connectivity index (χ3n) is 3.72. The van der Waals surface area contributed by atoms with Gasteiger partial charge in [0.2, 0.25) is 5.88 Å².